The Bertz CT molecular complexity index is 770. The number of aryl methyl sites for hydroxylation is 1. The molecule has 3 heterocycles. The summed E-state index contributed by atoms with van der Waals surface area (Å²) in [5.41, 5.74) is 2.42. The zero-order valence-electron chi connectivity index (χ0n) is 14.5. The van der Waals surface area contributed by atoms with Gasteiger partial charge in [-0.05, 0) is 26.8 Å². The van der Waals surface area contributed by atoms with Crippen molar-refractivity contribution in [3.8, 4) is 5.13 Å². The molecule has 3 rings (SSSR count). The fourth-order valence-corrected chi connectivity index (χ4v) is 4.82. The minimum atomic E-state index is -0.519. The molecule has 2 aromatic heterocycles. The van der Waals surface area contributed by atoms with Gasteiger partial charge in [-0.3, -0.25) is 9.36 Å². The van der Waals surface area contributed by atoms with Crippen LogP contribution in [0.15, 0.2) is 17.6 Å². The molecule has 1 unspecified atom stereocenters. The van der Waals surface area contributed by atoms with Gasteiger partial charge >= 0.3 is 5.97 Å². The summed E-state index contributed by atoms with van der Waals surface area (Å²) < 4.78 is 7.14. The first-order valence-corrected chi connectivity index (χ1v) is 10.2. The Kier molecular flexibility index (Phi) is 5.48. The number of amides is 1. The van der Waals surface area contributed by atoms with Crippen molar-refractivity contribution in [2.75, 3.05) is 24.7 Å². The standard InChI is InChI=1S/C17H21N3O3S2/c1-4-23-16(22)14-10-24-8-6-19(14)15(21)13-9-11(2)20(12(13)3)17-18-5-7-25-17/h5,7,9,14H,4,6,8,10H2,1-3H3. The highest BCUT2D eigenvalue weighted by atomic mass is 32.2. The van der Waals surface area contributed by atoms with Gasteiger partial charge in [-0.1, -0.05) is 0 Å². The van der Waals surface area contributed by atoms with Gasteiger partial charge in [0, 0.05) is 41.0 Å². The van der Waals surface area contributed by atoms with Crippen molar-refractivity contribution < 1.29 is 14.3 Å². The minimum Gasteiger partial charge on any atom is -0.464 e. The van der Waals surface area contributed by atoms with E-state index in [-0.39, 0.29) is 11.9 Å². The number of ether oxygens (including phenoxy) is 1. The molecule has 1 aliphatic heterocycles. The molecule has 25 heavy (non-hydrogen) atoms. The number of esters is 1. The second-order valence-electron chi connectivity index (χ2n) is 5.78. The molecule has 1 aliphatic rings. The van der Waals surface area contributed by atoms with Crippen LogP contribution in [0, 0.1) is 13.8 Å². The van der Waals surface area contributed by atoms with Gasteiger partial charge in [0.25, 0.3) is 5.91 Å². The highest BCUT2D eigenvalue weighted by molar-refractivity contribution is 7.99. The second kappa shape index (κ2) is 7.61. The molecule has 0 spiro atoms. The van der Waals surface area contributed by atoms with Crippen molar-refractivity contribution in [2.24, 2.45) is 0 Å². The number of hydrogen-bond donors (Lipinski definition) is 0. The Hall–Kier alpha value is -1.80. The van der Waals surface area contributed by atoms with Crippen molar-refractivity contribution in [3.63, 3.8) is 0 Å². The highest BCUT2D eigenvalue weighted by Gasteiger charge is 2.35. The van der Waals surface area contributed by atoms with Gasteiger partial charge in [0.2, 0.25) is 0 Å². The van der Waals surface area contributed by atoms with Crippen molar-refractivity contribution in [1.82, 2.24) is 14.5 Å². The van der Waals surface area contributed by atoms with Gasteiger partial charge in [0.1, 0.15) is 6.04 Å². The molecule has 1 fully saturated rings. The van der Waals surface area contributed by atoms with Crippen molar-refractivity contribution in [3.05, 3.63) is 34.6 Å². The highest BCUT2D eigenvalue weighted by Crippen LogP contribution is 2.26. The summed E-state index contributed by atoms with van der Waals surface area (Å²) in [7, 11) is 0. The maximum atomic E-state index is 13.2. The third-order valence-electron chi connectivity index (χ3n) is 4.22. The lowest BCUT2D eigenvalue weighted by Crippen LogP contribution is -2.51. The van der Waals surface area contributed by atoms with E-state index in [0.29, 0.717) is 24.5 Å². The number of aromatic nitrogens is 2. The van der Waals surface area contributed by atoms with Crippen LogP contribution in [0.2, 0.25) is 0 Å². The average molecular weight is 380 g/mol. The van der Waals surface area contributed by atoms with E-state index in [0.717, 1.165) is 22.3 Å². The van der Waals surface area contributed by atoms with Crippen LogP contribution in [-0.2, 0) is 9.53 Å². The first-order chi connectivity index (χ1) is 12.0. The molecular weight excluding hydrogens is 358 g/mol. The molecule has 0 saturated carbocycles. The average Bonchev–Trinajstić information content (AvgIpc) is 3.22. The van der Waals surface area contributed by atoms with E-state index >= 15 is 0 Å². The van der Waals surface area contributed by atoms with Crippen LogP contribution in [0.3, 0.4) is 0 Å². The first-order valence-electron chi connectivity index (χ1n) is 8.18. The lowest BCUT2D eigenvalue weighted by atomic mass is 10.1. The van der Waals surface area contributed by atoms with E-state index in [1.54, 1.807) is 29.8 Å². The quantitative estimate of drug-likeness (QED) is 0.764. The third kappa shape index (κ3) is 3.46. The molecule has 0 bridgehead atoms. The van der Waals surface area contributed by atoms with Crippen LogP contribution in [-0.4, -0.2) is 57.0 Å². The van der Waals surface area contributed by atoms with Crippen LogP contribution < -0.4 is 0 Å². The van der Waals surface area contributed by atoms with E-state index < -0.39 is 6.04 Å². The molecule has 0 radical (unpaired) electrons. The largest absolute Gasteiger partial charge is 0.464 e. The second-order valence-corrected chi connectivity index (χ2v) is 7.80. The zero-order valence-corrected chi connectivity index (χ0v) is 16.2. The first kappa shape index (κ1) is 18.0. The fraction of sp³-hybridized carbons (Fsp3) is 0.471. The number of nitrogens with zero attached hydrogens (tertiary/aromatic N) is 3. The van der Waals surface area contributed by atoms with E-state index in [1.165, 1.54) is 11.3 Å². The van der Waals surface area contributed by atoms with Gasteiger partial charge in [-0.25, -0.2) is 9.78 Å². The zero-order chi connectivity index (χ0) is 18.0. The molecule has 0 N–H and O–H groups in total. The van der Waals surface area contributed by atoms with Gasteiger partial charge in [0.15, 0.2) is 5.13 Å². The molecule has 0 aliphatic carbocycles. The maximum absolute atomic E-state index is 13.2. The molecule has 2 aromatic rings. The normalized spacial score (nSPS) is 17.6. The summed E-state index contributed by atoms with van der Waals surface area (Å²) in [6.07, 6.45) is 1.75. The van der Waals surface area contributed by atoms with Crippen LogP contribution >= 0.6 is 23.1 Å². The smallest absolute Gasteiger partial charge is 0.329 e. The fourth-order valence-electron chi connectivity index (χ4n) is 3.04. The Morgan fingerprint density at radius 3 is 2.88 bits per heavy atom. The summed E-state index contributed by atoms with van der Waals surface area (Å²) in [4.78, 5) is 31.4. The van der Waals surface area contributed by atoms with Crippen LogP contribution in [0.1, 0.15) is 28.7 Å². The van der Waals surface area contributed by atoms with E-state index in [2.05, 4.69) is 4.98 Å². The number of thiazole rings is 1. The lowest BCUT2D eigenvalue weighted by Gasteiger charge is -2.33. The Labute approximate surface area is 155 Å². The van der Waals surface area contributed by atoms with Crippen LogP contribution in [0.4, 0.5) is 0 Å². The third-order valence-corrected chi connectivity index (χ3v) is 6.00. The molecular formula is C17H21N3O3S2. The molecule has 6 nitrogen and oxygen atoms in total. The van der Waals surface area contributed by atoms with Crippen LogP contribution in [0.5, 0.6) is 0 Å². The number of carbonyl (C=O) groups is 2. The SMILES string of the molecule is CCOC(=O)C1CSCCN1C(=O)c1cc(C)n(-c2nccs2)c1C. The summed E-state index contributed by atoms with van der Waals surface area (Å²) in [5, 5.41) is 2.75. The van der Waals surface area contributed by atoms with Gasteiger partial charge < -0.3 is 9.64 Å². The van der Waals surface area contributed by atoms with Gasteiger partial charge in [-0.2, -0.15) is 11.8 Å². The molecule has 134 valence electrons. The van der Waals surface area contributed by atoms with Crippen molar-refractivity contribution in [1.29, 1.82) is 0 Å². The minimum absolute atomic E-state index is 0.116. The summed E-state index contributed by atoms with van der Waals surface area (Å²) >= 11 is 3.20. The summed E-state index contributed by atoms with van der Waals surface area (Å²) in [5.74, 6) is 0.967. The lowest BCUT2D eigenvalue weighted by molar-refractivity contribution is -0.147. The number of thioether (sulfide) groups is 1. The van der Waals surface area contributed by atoms with Crippen LogP contribution in [0.25, 0.3) is 5.13 Å². The van der Waals surface area contributed by atoms with E-state index in [4.69, 9.17) is 4.74 Å². The predicted octanol–water partition coefficient (Wildman–Crippen LogP) is 2.67. The molecule has 1 amide bonds. The predicted molar refractivity (Wildman–Crippen MR) is 99.7 cm³/mol. The van der Waals surface area contributed by atoms with E-state index in [9.17, 15) is 9.59 Å². The topological polar surface area (TPSA) is 64.4 Å². The number of hydrogen-bond acceptors (Lipinski definition) is 6. The summed E-state index contributed by atoms with van der Waals surface area (Å²) in [6, 6.07) is 1.36. The van der Waals surface area contributed by atoms with E-state index in [1.807, 2.05) is 29.9 Å². The van der Waals surface area contributed by atoms with Gasteiger partial charge in [0.05, 0.1) is 12.2 Å². The van der Waals surface area contributed by atoms with Crippen molar-refractivity contribution >= 4 is 35.0 Å². The molecule has 1 saturated heterocycles. The number of carbonyl (C=O) groups excluding carboxylic acids is 2. The van der Waals surface area contributed by atoms with Crippen molar-refractivity contribution in [2.45, 2.75) is 26.8 Å². The molecule has 0 aromatic carbocycles. The maximum Gasteiger partial charge on any atom is 0.329 e. The summed E-state index contributed by atoms with van der Waals surface area (Å²) in [6.45, 7) is 6.52. The van der Waals surface area contributed by atoms with Gasteiger partial charge in [-0.15, -0.1) is 11.3 Å². The molecule has 1 atom stereocenters. The molecule has 8 heteroatoms. The number of rotatable bonds is 4. The Morgan fingerprint density at radius 2 is 2.20 bits per heavy atom. The monoisotopic (exact) mass is 379 g/mol. The Morgan fingerprint density at radius 1 is 1.40 bits per heavy atom. The Balaban J connectivity index is 1.92.